The number of halogens is 2. The summed E-state index contributed by atoms with van der Waals surface area (Å²) in [6.45, 7) is 3.85. The highest BCUT2D eigenvalue weighted by Crippen LogP contribution is 2.69. The van der Waals surface area contributed by atoms with Crippen LogP contribution in [0.15, 0.2) is 66.7 Å². The van der Waals surface area contributed by atoms with Crippen LogP contribution in [0.25, 0.3) is 0 Å². The van der Waals surface area contributed by atoms with E-state index in [-0.39, 0.29) is 11.8 Å². The Morgan fingerprint density at radius 3 is 1.55 bits per heavy atom. The van der Waals surface area contributed by atoms with Crippen molar-refractivity contribution in [2.75, 3.05) is 4.90 Å². The Morgan fingerprint density at radius 1 is 0.710 bits per heavy atom. The van der Waals surface area contributed by atoms with Crippen molar-refractivity contribution in [1.82, 2.24) is 0 Å². The fraction of sp³-hybridized carbons (Fsp3) is 0.231. The number of nitrogens with zero attached hydrogens (tertiary/aromatic N) is 1. The van der Waals surface area contributed by atoms with E-state index in [9.17, 15) is 9.59 Å². The minimum absolute atomic E-state index is 0.285. The van der Waals surface area contributed by atoms with Gasteiger partial charge in [-0.2, -0.15) is 0 Å². The van der Waals surface area contributed by atoms with Gasteiger partial charge in [-0.3, -0.25) is 9.59 Å². The quantitative estimate of drug-likeness (QED) is 0.369. The number of hydrogen-bond donors (Lipinski definition) is 0. The Hall–Kier alpha value is -2.62. The predicted molar refractivity (Wildman–Crippen MR) is 122 cm³/mol. The Labute approximate surface area is 190 Å². The SMILES string of the molecule is Cc1ccc(C)c(N2C(=O)[C@@H]3[C@@H](C2=O)C2(Cl)c4ccccc4C3(Cl)c3ccccc32)c1. The summed E-state index contributed by atoms with van der Waals surface area (Å²) >= 11 is 14.9. The number of rotatable bonds is 1. The number of imide groups is 1. The van der Waals surface area contributed by atoms with Crippen molar-refractivity contribution >= 4 is 40.7 Å². The summed E-state index contributed by atoms with van der Waals surface area (Å²) in [5.41, 5.74) is 5.71. The number of amides is 2. The molecule has 0 radical (unpaired) electrons. The molecule has 0 saturated carbocycles. The molecule has 3 nitrogen and oxygen atoms in total. The van der Waals surface area contributed by atoms with E-state index in [1.807, 2.05) is 80.6 Å². The summed E-state index contributed by atoms with van der Waals surface area (Å²) in [6, 6.07) is 21.2. The number of aryl methyl sites for hydroxylation is 2. The minimum atomic E-state index is -1.15. The van der Waals surface area contributed by atoms with Crippen LogP contribution < -0.4 is 4.90 Å². The number of hydrogen-bond acceptors (Lipinski definition) is 2. The van der Waals surface area contributed by atoms with Crippen molar-refractivity contribution in [2.24, 2.45) is 11.8 Å². The monoisotopic (exact) mass is 447 g/mol. The van der Waals surface area contributed by atoms with E-state index in [0.717, 1.165) is 33.4 Å². The van der Waals surface area contributed by atoms with E-state index < -0.39 is 21.6 Å². The van der Waals surface area contributed by atoms with Crippen LogP contribution in [0, 0.1) is 25.7 Å². The van der Waals surface area contributed by atoms with Crippen LogP contribution in [0.4, 0.5) is 5.69 Å². The summed E-state index contributed by atoms with van der Waals surface area (Å²) in [6.07, 6.45) is 0. The van der Waals surface area contributed by atoms with Gasteiger partial charge in [0.1, 0.15) is 9.75 Å². The molecule has 2 atom stereocenters. The summed E-state index contributed by atoms with van der Waals surface area (Å²) in [4.78, 5) is 26.9. The normalized spacial score (nSPS) is 30.3. The first kappa shape index (κ1) is 19.1. The van der Waals surface area contributed by atoms with Gasteiger partial charge in [0.2, 0.25) is 11.8 Å². The van der Waals surface area contributed by atoms with Gasteiger partial charge >= 0.3 is 0 Å². The van der Waals surface area contributed by atoms with E-state index in [1.54, 1.807) is 0 Å². The highest BCUT2D eigenvalue weighted by molar-refractivity contribution is 6.38. The molecule has 4 aliphatic rings. The molecule has 0 spiro atoms. The number of benzene rings is 3. The molecule has 1 saturated heterocycles. The van der Waals surface area contributed by atoms with Crippen molar-refractivity contribution in [3.8, 4) is 0 Å². The number of carbonyl (C=O) groups is 2. The fourth-order valence-corrected chi connectivity index (χ4v) is 6.96. The maximum Gasteiger partial charge on any atom is 0.240 e. The molecule has 3 aromatic carbocycles. The highest BCUT2D eigenvalue weighted by atomic mass is 35.5. The topological polar surface area (TPSA) is 37.4 Å². The highest BCUT2D eigenvalue weighted by Gasteiger charge is 2.73. The van der Waals surface area contributed by atoms with Crippen molar-refractivity contribution in [3.63, 3.8) is 0 Å². The molecule has 1 heterocycles. The van der Waals surface area contributed by atoms with Crippen LogP contribution in [-0.2, 0) is 19.3 Å². The first-order valence-electron chi connectivity index (χ1n) is 10.3. The largest absolute Gasteiger partial charge is 0.274 e. The van der Waals surface area contributed by atoms with Gasteiger partial charge in [0.15, 0.2) is 0 Å². The van der Waals surface area contributed by atoms with E-state index in [4.69, 9.17) is 23.2 Å². The summed E-state index contributed by atoms with van der Waals surface area (Å²) in [7, 11) is 0. The first-order valence-corrected chi connectivity index (χ1v) is 11.1. The lowest BCUT2D eigenvalue weighted by molar-refractivity contribution is -0.122. The standard InChI is InChI=1S/C26H19Cl2NO2/c1-14-11-12-15(2)20(13-14)29-23(30)21-22(24(29)31)26(28)17-8-4-3-7-16(17)25(21,27)18-9-5-6-10-19(18)26/h3-13,21-22H,1-2H3/t21-,22-,25?,26?/m0/s1. The molecule has 0 N–H and O–H groups in total. The van der Waals surface area contributed by atoms with Crippen molar-refractivity contribution in [1.29, 1.82) is 0 Å². The van der Waals surface area contributed by atoms with Crippen LogP contribution in [0.2, 0.25) is 0 Å². The third-order valence-corrected chi connectivity index (χ3v) is 8.48. The lowest BCUT2D eigenvalue weighted by Gasteiger charge is -2.54. The number of anilines is 1. The second-order valence-electron chi connectivity index (χ2n) is 8.77. The third-order valence-electron chi connectivity index (χ3n) is 7.19. The third kappa shape index (κ3) is 2.07. The van der Waals surface area contributed by atoms with Crippen LogP contribution in [0.5, 0.6) is 0 Å². The Bertz CT molecular complexity index is 1190. The van der Waals surface area contributed by atoms with Crippen molar-refractivity contribution in [3.05, 3.63) is 100 Å². The van der Waals surface area contributed by atoms with Gasteiger partial charge in [-0.05, 0) is 53.3 Å². The Morgan fingerprint density at radius 2 is 1.13 bits per heavy atom. The molecule has 0 unspecified atom stereocenters. The lowest BCUT2D eigenvalue weighted by atomic mass is 9.54. The molecule has 154 valence electrons. The zero-order chi connectivity index (χ0) is 21.7. The van der Waals surface area contributed by atoms with E-state index in [0.29, 0.717) is 5.69 Å². The van der Waals surface area contributed by atoms with Crippen molar-refractivity contribution < 1.29 is 9.59 Å². The molecule has 1 fully saturated rings. The van der Waals surface area contributed by atoms with Crippen LogP contribution in [0.3, 0.4) is 0 Å². The molecule has 3 aromatic rings. The molecule has 0 aromatic heterocycles. The van der Waals surface area contributed by atoms with Gasteiger partial charge in [-0.15, -0.1) is 23.2 Å². The minimum Gasteiger partial charge on any atom is -0.274 e. The van der Waals surface area contributed by atoms with Gasteiger partial charge in [-0.1, -0.05) is 60.7 Å². The summed E-state index contributed by atoms with van der Waals surface area (Å²) in [5, 5.41) is 0. The molecule has 31 heavy (non-hydrogen) atoms. The summed E-state index contributed by atoms with van der Waals surface area (Å²) < 4.78 is 0. The molecule has 5 heteroatoms. The number of carbonyl (C=O) groups excluding carboxylic acids is 2. The average Bonchev–Trinajstić information content (AvgIpc) is 3.05. The molecule has 2 bridgehead atoms. The fourth-order valence-electron chi connectivity index (χ4n) is 5.86. The van der Waals surface area contributed by atoms with Crippen LogP contribution in [0.1, 0.15) is 33.4 Å². The molecule has 2 amide bonds. The van der Waals surface area contributed by atoms with Crippen molar-refractivity contribution in [2.45, 2.75) is 23.6 Å². The van der Waals surface area contributed by atoms with Gasteiger partial charge < -0.3 is 0 Å². The second kappa shape index (κ2) is 5.99. The van der Waals surface area contributed by atoms with Gasteiger partial charge in [0.05, 0.1) is 17.5 Å². The van der Waals surface area contributed by atoms with Gasteiger partial charge in [-0.25, -0.2) is 4.90 Å². The number of alkyl halides is 2. The average molecular weight is 448 g/mol. The predicted octanol–water partition coefficient (Wildman–Crippen LogP) is 5.40. The van der Waals surface area contributed by atoms with E-state index in [1.165, 1.54) is 4.90 Å². The van der Waals surface area contributed by atoms with Crippen LogP contribution >= 0.6 is 23.2 Å². The Kier molecular flexibility index (Phi) is 3.69. The van der Waals surface area contributed by atoms with Gasteiger partial charge in [0.25, 0.3) is 0 Å². The van der Waals surface area contributed by atoms with E-state index >= 15 is 0 Å². The molecule has 1 aliphatic heterocycles. The zero-order valence-electron chi connectivity index (χ0n) is 17.0. The lowest BCUT2D eigenvalue weighted by Crippen LogP contribution is -2.57. The first-order chi connectivity index (χ1) is 14.8. The molecular formula is C26H19Cl2NO2. The molecular weight excluding hydrogens is 429 g/mol. The Balaban J connectivity index is 1.67. The second-order valence-corrected chi connectivity index (χ2v) is 9.96. The zero-order valence-corrected chi connectivity index (χ0v) is 18.5. The molecule has 3 aliphatic carbocycles. The van der Waals surface area contributed by atoms with Crippen LogP contribution in [-0.4, -0.2) is 11.8 Å². The smallest absolute Gasteiger partial charge is 0.240 e. The molecule has 7 rings (SSSR count). The summed E-state index contributed by atoms with van der Waals surface area (Å²) in [5.74, 6) is -2.12. The maximum atomic E-state index is 13.9. The van der Waals surface area contributed by atoms with E-state index in [2.05, 4.69) is 0 Å². The van der Waals surface area contributed by atoms with Gasteiger partial charge in [0, 0.05) is 0 Å². The maximum absolute atomic E-state index is 13.9.